The van der Waals surface area contributed by atoms with E-state index in [0.717, 1.165) is 0 Å². The third-order valence-electron chi connectivity index (χ3n) is 0.850. The molecule has 0 N–H and O–H groups in total. The summed E-state index contributed by atoms with van der Waals surface area (Å²) in [5.41, 5.74) is -2.30. The van der Waals surface area contributed by atoms with Crippen molar-refractivity contribution in [3.63, 3.8) is 0 Å². The molecule has 0 spiro atoms. The molecule has 0 saturated heterocycles. The van der Waals surface area contributed by atoms with Crippen molar-refractivity contribution in [1.82, 2.24) is 0 Å². The molecule has 0 unspecified atom stereocenters. The first kappa shape index (κ1) is 9.30. The minimum atomic E-state index is -2.30. The van der Waals surface area contributed by atoms with Gasteiger partial charge in [0.15, 0.2) is 0 Å². The van der Waals surface area contributed by atoms with E-state index in [0.29, 0.717) is 0 Å². The Bertz CT molecular complexity index is 67.5. The molecule has 0 aliphatic rings. The Balaban J connectivity index is 4.02. The summed E-state index contributed by atoms with van der Waals surface area (Å²) < 4.78 is 0. The summed E-state index contributed by atoms with van der Waals surface area (Å²) in [6, 6.07) is 0. The third kappa shape index (κ3) is 2.73. The molecule has 0 aromatic rings. The summed E-state index contributed by atoms with van der Waals surface area (Å²) in [6.45, 7) is 6.23. The number of hydrogen-bond acceptors (Lipinski definition) is 0. The second-order valence-electron chi connectivity index (χ2n) is 2.75. The average Bonchev–Trinajstić information content (AvgIpc) is 1.25. The maximum absolute atomic E-state index is 5.74. The van der Waals surface area contributed by atoms with Crippen LogP contribution in [0.3, 0.4) is 0 Å². The van der Waals surface area contributed by atoms with Crippen LogP contribution in [0.4, 0.5) is 0 Å². The van der Waals surface area contributed by atoms with Crippen molar-refractivity contribution in [3.8, 4) is 0 Å². The minimum absolute atomic E-state index is 1.42. The van der Waals surface area contributed by atoms with E-state index in [1.807, 2.05) is 0 Å². The normalized spacial score (nSPS) is 14.2. The van der Waals surface area contributed by atoms with Gasteiger partial charge in [-0.1, -0.05) is 19.6 Å². The second-order valence-corrected chi connectivity index (χ2v) is 24.7. The van der Waals surface area contributed by atoms with Crippen molar-refractivity contribution >= 4 is 46.3 Å². The highest BCUT2D eigenvalue weighted by atomic mass is 35.8. The monoisotopic (exact) mass is 206 g/mol. The first-order chi connectivity index (χ1) is 3.25. The summed E-state index contributed by atoms with van der Waals surface area (Å²) in [6.07, 6.45) is 0. The standard InChI is InChI=1S/C3H9Cl3Si2/c1-7(2,3)8(4,5)6/h1-3H3. The van der Waals surface area contributed by atoms with Gasteiger partial charge in [-0.25, -0.2) is 0 Å². The molecule has 0 aliphatic carbocycles. The zero-order valence-corrected chi connectivity index (χ0v) is 9.40. The fraction of sp³-hybridized carbons (Fsp3) is 1.00. The van der Waals surface area contributed by atoms with Crippen molar-refractivity contribution in [2.24, 2.45) is 0 Å². The van der Waals surface area contributed by atoms with Gasteiger partial charge in [-0.3, -0.25) is 0 Å². The van der Waals surface area contributed by atoms with Gasteiger partial charge in [-0.2, -0.15) is 0 Å². The lowest BCUT2D eigenvalue weighted by atomic mass is 11.8. The molecule has 50 valence electrons. The summed E-state index contributed by atoms with van der Waals surface area (Å²) >= 11 is 17.2. The van der Waals surface area contributed by atoms with Crippen LogP contribution in [0.1, 0.15) is 0 Å². The molecule has 0 aliphatic heterocycles. The van der Waals surface area contributed by atoms with E-state index in [1.165, 1.54) is 0 Å². The number of halogens is 3. The Morgan fingerprint density at radius 2 is 1.00 bits per heavy atom. The van der Waals surface area contributed by atoms with Crippen LogP contribution in [0.15, 0.2) is 0 Å². The van der Waals surface area contributed by atoms with Gasteiger partial charge in [0, 0.05) is 0 Å². The van der Waals surface area contributed by atoms with Crippen LogP contribution in [-0.4, -0.2) is 13.1 Å². The Labute approximate surface area is 66.0 Å². The fourth-order valence-corrected chi connectivity index (χ4v) is 0. The molecule has 0 saturated carbocycles. The van der Waals surface area contributed by atoms with Crippen LogP contribution in [0, 0.1) is 0 Å². The van der Waals surface area contributed by atoms with Gasteiger partial charge in [0.25, 0.3) is 0 Å². The number of rotatable bonds is 1. The van der Waals surface area contributed by atoms with Gasteiger partial charge in [-0.05, 0) is 0 Å². The molecular weight excluding hydrogens is 199 g/mol. The van der Waals surface area contributed by atoms with Gasteiger partial charge in [0.1, 0.15) is 0 Å². The van der Waals surface area contributed by atoms with E-state index >= 15 is 0 Å². The minimum Gasteiger partial charge on any atom is -0.130 e. The second kappa shape index (κ2) is 2.50. The highest BCUT2D eigenvalue weighted by Crippen LogP contribution is 2.30. The van der Waals surface area contributed by atoms with Crippen molar-refractivity contribution < 1.29 is 0 Å². The molecule has 0 atom stereocenters. The summed E-state index contributed by atoms with van der Waals surface area (Å²) in [4.78, 5) is 0. The molecule has 0 aromatic heterocycles. The van der Waals surface area contributed by atoms with Gasteiger partial charge in [-0.15, -0.1) is 33.2 Å². The molecule has 0 fully saturated rings. The average molecular weight is 208 g/mol. The topological polar surface area (TPSA) is 0 Å². The Morgan fingerprint density at radius 3 is 1.00 bits per heavy atom. The maximum Gasteiger partial charge on any atom is 0.323 e. The molecule has 0 aromatic carbocycles. The largest absolute Gasteiger partial charge is 0.323 e. The van der Waals surface area contributed by atoms with Crippen LogP contribution in [-0.2, 0) is 0 Å². The molecular formula is C3H9Cl3Si2. The number of hydrogen-bond donors (Lipinski definition) is 0. The van der Waals surface area contributed by atoms with E-state index in [1.54, 1.807) is 0 Å². The van der Waals surface area contributed by atoms with Gasteiger partial charge in [0.05, 0.1) is 7.59 Å². The van der Waals surface area contributed by atoms with Gasteiger partial charge >= 0.3 is 5.52 Å². The Hall–Kier alpha value is 1.30. The lowest BCUT2D eigenvalue weighted by molar-refractivity contribution is 1.86. The molecule has 0 nitrogen and oxygen atoms in total. The predicted octanol–water partition coefficient (Wildman–Crippen LogP) is 3.06. The first-order valence-corrected chi connectivity index (χ1v) is 11.9. The van der Waals surface area contributed by atoms with Crippen molar-refractivity contribution in [2.45, 2.75) is 19.6 Å². The highest BCUT2D eigenvalue weighted by molar-refractivity contribution is 7.88. The molecule has 0 bridgehead atoms. The van der Waals surface area contributed by atoms with Crippen molar-refractivity contribution in [2.75, 3.05) is 0 Å². The van der Waals surface area contributed by atoms with E-state index in [-0.39, 0.29) is 0 Å². The molecule has 0 heterocycles. The summed E-state index contributed by atoms with van der Waals surface area (Å²) in [7, 11) is -1.42. The van der Waals surface area contributed by atoms with E-state index in [2.05, 4.69) is 19.6 Å². The molecule has 0 radical (unpaired) electrons. The lowest BCUT2D eigenvalue weighted by Gasteiger charge is -2.21. The van der Waals surface area contributed by atoms with Crippen molar-refractivity contribution in [1.29, 1.82) is 0 Å². The molecule has 0 rings (SSSR count). The lowest BCUT2D eigenvalue weighted by Crippen LogP contribution is -2.43. The molecule has 8 heavy (non-hydrogen) atoms. The fourth-order valence-electron chi connectivity index (χ4n) is 0. The quantitative estimate of drug-likeness (QED) is 0.458. The zero-order valence-electron chi connectivity index (χ0n) is 5.13. The van der Waals surface area contributed by atoms with Crippen LogP contribution < -0.4 is 0 Å². The van der Waals surface area contributed by atoms with Crippen LogP contribution in [0.25, 0.3) is 0 Å². The van der Waals surface area contributed by atoms with Crippen LogP contribution >= 0.6 is 33.2 Å². The molecule has 5 heteroatoms. The summed E-state index contributed by atoms with van der Waals surface area (Å²) in [5.74, 6) is 0. The van der Waals surface area contributed by atoms with Crippen molar-refractivity contribution in [3.05, 3.63) is 0 Å². The highest BCUT2D eigenvalue weighted by Gasteiger charge is 2.41. The predicted molar refractivity (Wildman–Crippen MR) is 46.7 cm³/mol. The third-order valence-corrected chi connectivity index (χ3v) is 23.0. The Kier molecular flexibility index (Phi) is 2.91. The maximum atomic E-state index is 5.74. The SMILES string of the molecule is C[Si](C)(C)[Si](Cl)(Cl)Cl. The Morgan fingerprint density at radius 1 is 0.875 bits per heavy atom. The zero-order chi connectivity index (χ0) is 7.00. The van der Waals surface area contributed by atoms with Gasteiger partial charge in [0.2, 0.25) is 0 Å². The van der Waals surface area contributed by atoms with Gasteiger partial charge < -0.3 is 0 Å². The van der Waals surface area contributed by atoms with E-state index in [9.17, 15) is 0 Å². The van der Waals surface area contributed by atoms with Crippen LogP contribution in [0.5, 0.6) is 0 Å². The van der Waals surface area contributed by atoms with Crippen LogP contribution in [0.2, 0.25) is 19.6 Å². The summed E-state index contributed by atoms with van der Waals surface area (Å²) in [5, 5.41) is 0. The smallest absolute Gasteiger partial charge is 0.130 e. The van der Waals surface area contributed by atoms with E-state index in [4.69, 9.17) is 33.2 Å². The van der Waals surface area contributed by atoms with E-state index < -0.39 is 13.1 Å². The molecule has 0 amide bonds. The first-order valence-electron chi connectivity index (χ1n) is 2.32.